The van der Waals surface area contributed by atoms with E-state index in [1.165, 1.54) is 16.5 Å². The number of fused-ring (bicyclic) bond motifs is 1. The van der Waals surface area contributed by atoms with Gasteiger partial charge in [0.2, 0.25) is 0 Å². The predicted molar refractivity (Wildman–Crippen MR) is 122 cm³/mol. The van der Waals surface area contributed by atoms with E-state index in [-0.39, 0.29) is 0 Å². The summed E-state index contributed by atoms with van der Waals surface area (Å²) in [6, 6.07) is 20.9. The van der Waals surface area contributed by atoms with Crippen molar-refractivity contribution in [2.24, 2.45) is 0 Å². The normalized spacial score (nSPS) is 11.1. The lowest BCUT2D eigenvalue weighted by atomic mass is 10.1. The van der Waals surface area contributed by atoms with Crippen LogP contribution in [0.5, 0.6) is 0 Å². The number of hydrogen-bond acceptors (Lipinski definition) is 4. The van der Waals surface area contributed by atoms with Crippen LogP contribution < -0.4 is 10.6 Å². The van der Waals surface area contributed by atoms with Gasteiger partial charge in [0, 0.05) is 53.4 Å². The highest BCUT2D eigenvalue weighted by molar-refractivity contribution is 5.83. The number of aromatic amines is 1. The zero-order chi connectivity index (χ0) is 20.1. The standard InChI is InChI=1S/C24H27N5/c1-29(2)17-22-15-21(12-14-26-22)28-20-9-7-19(8-10-20)25-13-11-18-16-27-24-6-4-3-5-23(18)24/h3-10,12,14-16,25,27H,11,13,17H2,1-2H3,(H,26,28). The van der Waals surface area contributed by atoms with Gasteiger partial charge in [-0.05, 0) is 68.5 Å². The van der Waals surface area contributed by atoms with E-state index in [1.54, 1.807) is 0 Å². The van der Waals surface area contributed by atoms with Gasteiger partial charge in [0.05, 0.1) is 5.69 Å². The molecule has 148 valence electrons. The topological polar surface area (TPSA) is 56.0 Å². The highest BCUT2D eigenvalue weighted by Gasteiger charge is 2.03. The van der Waals surface area contributed by atoms with E-state index in [0.717, 1.165) is 42.3 Å². The van der Waals surface area contributed by atoms with Gasteiger partial charge in [-0.25, -0.2) is 0 Å². The van der Waals surface area contributed by atoms with E-state index in [1.807, 2.05) is 26.4 Å². The maximum absolute atomic E-state index is 4.42. The molecule has 0 fully saturated rings. The molecule has 0 radical (unpaired) electrons. The summed E-state index contributed by atoms with van der Waals surface area (Å²) in [5, 5.41) is 8.27. The number of hydrogen-bond donors (Lipinski definition) is 3. The fourth-order valence-corrected chi connectivity index (χ4v) is 3.48. The smallest absolute Gasteiger partial charge is 0.0564 e. The Kier molecular flexibility index (Phi) is 5.77. The molecule has 2 aromatic heterocycles. The number of anilines is 3. The van der Waals surface area contributed by atoms with Crippen LogP contribution in [0, 0.1) is 0 Å². The van der Waals surface area contributed by atoms with Crippen molar-refractivity contribution in [3.63, 3.8) is 0 Å². The maximum Gasteiger partial charge on any atom is 0.0564 e. The third-order valence-corrected chi connectivity index (χ3v) is 4.87. The molecule has 0 saturated heterocycles. The minimum atomic E-state index is 0.828. The van der Waals surface area contributed by atoms with Crippen LogP contribution in [0.25, 0.3) is 10.9 Å². The molecule has 4 aromatic rings. The fraction of sp³-hybridized carbons (Fsp3) is 0.208. The minimum absolute atomic E-state index is 0.828. The monoisotopic (exact) mass is 385 g/mol. The average Bonchev–Trinajstić information content (AvgIpc) is 3.12. The van der Waals surface area contributed by atoms with Crippen molar-refractivity contribution in [1.82, 2.24) is 14.9 Å². The van der Waals surface area contributed by atoms with Crippen LogP contribution in [0.1, 0.15) is 11.3 Å². The molecule has 2 aromatic carbocycles. The largest absolute Gasteiger partial charge is 0.385 e. The molecule has 0 bridgehead atoms. The van der Waals surface area contributed by atoms with Crippen LogP contribution in [-0.4, -0.2) is 35.5 Å². The molecular formula is C24H27N5. The van der Waals surface area contributed by atoms with E-state index in [4.69, 9.17) is 0 Å². The summed E-state index contributed by atoms with van der Waals surface area (Å²) in [5.41, 5.74) is 6.83. The molecule has 0 unspecified atom stereocenters. The summed E-state index contributed by atoms with van der Waals surface area (Å²) >= 11 is 0. The molecule has 0 aliphatic heterocycles. The molecule has 0 aliphatic rings. The molecule has 5 nitrogen and oxygen atoms in total. The Morgan fingerprint density at radius 1 is 0.931 bits per heavy atom. The zero-order valence-corrected chi connectivity index (χ0v) is 16.9. The first-order valence-corrected chi connectivity index (χ1v) is 9.93. The first-order chi connectivity index (χ1) is 14.2. The molecule has 0 aliphatic carbocycles. The van der Waals surface area contributed by atoms with Crippen LogP contribution in [-0.2, 0) is 13.0 Å². The minimum Gasteiger partial charge on any atom is -0.385 e. The molecule has 0 saturated carbocycles. The van der Waals surface area contributed by atoms with Gasteiger partial charge in [0.1, 0.15) is 0 Å². The number of nitrogens with one attached hydrogen (secondary N) is 3. The van der Waals surface area contributed by atoms with Crippen molar-refractivity contribution in [3.8, 4) is 0 Å². The van der Waals surface area contributed by atoms with Crippen LogP contribution in [0.2, 0.25) is 0 Å². The maximum atomic E-state index is 4.42. The summed E-state index contributed by atoms with van der Waals surface area (Å²) in [5.74, 6) is 0. The molecule has 3 N–H and O–H groups in total. The van der Waals surface area contributed by atoms with Gasteiger partial charge in [-0.2, -0.15) is 0 Å². The van der Waals surface area contributed by atoms with E-state index in [2.05, 4.69) is 86.3 Å². The van der Waals surface area contributed by atoms with E-state index < -0.39 is 0 Å². The number of aromatic nitrogens is 2. The summed E-state index contributed by atoms with van der Waals surface area (Å²) in [7, 11) is 4.10. The lowest BCUT2D eigenvalue weighted by Crippen LogP contribution is -2.11. The highest BCUT2D eigenvalue weighted by atomic mass is 15.1. The number of benzene rings is 2. The van der Waals surface area contributed by atoms with Crippen LogP contribution in [0.4, 0.5) is 17.1 Å². The van der Waals surface area contributed by atoms with Crippen molar-refractivity contribution in [1.29, 1.82) is 0 Å². The van der Waals surface area contributed by atoms with Crippen LogP contribution >= 0.6 is 0 Å². The van der Waals surface area contributed by atoms with Gasteiger partial charge >= 0.3 is 0 Å². The van der Waals surface area contributed by atoms with Gasteiger partial charge in [0.15, 0.2) is 0 Å². The van der Waals surface area contributed by atoms with Gasteiger partial charge in [-0.3, -0.25) is 4.98 Å². The molecule has 2 heterocycles. The Morgan fingerprint density at radius 2 is 1.72 bits per heavy atom. The molecular weight excluding hydrogens is 358 g/mol. The molecule has 29 heavy (non-hydrogen) atoms. The zero-order valence-electron chi connectivity index (χ0n) is 16.9. The van der Waals surface area contributed by atoms with Crippen molar-refractivity contribution < 1.29 is 0 Å². The number of rotatable bonds is 8. The second-order valence-corrected chi connectivity index (χ2v) is 7.51. The molecule has 0 amide bonds. The van der Waals surface area contributed by atoms with Gasteiger partial charge in [-0.15, -0.1) is 0 Å². The fourth-order valence-electron chi connectivity index (χ4n) is 3.48. The third kappa shape index (κ3) is 4.95. The van der Waals surface area contributed by atoms with E-state index in [0.29, 0.717) is 0 Å². The van der Waals surface area contributed by atoms with Crippen molar-refractivity contribution in [2.45, 2.75) is 13.0 Å². The number of nitrogens with zero attached hydrogens (tertiary/aromatic N) is 2. The number of H-pyrrole nitrogens is 1. The Labute approximate surface area is 171 Å². The Hall–Kier alpha value is -3.31. The molecule has 4 rings (SSSR count). The Morgan fingerprint density at radius 3 is 2.55 bits per heavy atom. The third-order valence-electron chi connectivity index (χ3n) is 4.87. The van der Waals surface area contributed by atoms with Crippen molar-refractivity contribution in [2.75, 3.05) is 31.3 Å². The second kappa shape index (κ2) is 8.80. The van der Waals surface area contributed by atoms with Crippen molar-refractivity contribution >= 4 is 28.0 Å². The number of para-hydroxylation sites is 1. The SMILES string of the molecule is CN(C)Cc1cc(Nc2ccc(NCCc3c[nH]c4ccccc34)cc2)ccn1. The Bertz CT molecular complexity index is 1070. The highest BCUT2D eigenvalue weighted by Crippen LogP contribution is 2.21. The van der Waals surface area contributed by atoms with E-state index >= 15 is 0 Å². The summed E-state index contributed by atoms with van der Waals surface area (Å²) in [6.45, 7) is 1.72. The molecule has 0 atom stereocenters. The summed E-state index contributed by atoms with van der Waals surface area (Å²) in [4.78, 5) is 9.87. The predicted octanol–water partition coefficient (Wildman–Crippen LogP) is 5.02. The average molecular weight is 386 g/mol. The number of pyridine rings is 1. The quantitative estimate of drug-likeness (QED) is 0.398. The lowest BCUT2D eigenvalue weighted by Gasteiger charge is -2.12. The van der Waals surface area contributed by atoms with Crippen LogP contribution in [0.15, 0.2) is 73.1 Å². The first-order valence-electron chi connectivity index (χ1n) is 9.93. The molecule has 5 heteroatoms. The van der Waals surface area contributed by atoms with E-state index in [9.17, 15) is 0 Å². The lowest BCUT2D eigenvalue weighted by molar-refractivity contribution is 0.397. The summed E-state index contributed by atoms with van der Waals surface area (Å²) < 4.78 is 0. The first kappa shape index (κ1) is 19.0. The van der Waals surface area contributed by atoms with Gasteiger partial charge < -0.3 is 20.5 Å². The Balaban J connectivity index is 1.32. The second-order valence-electron chi connectivity index (χ2n) is 7.51. The molecule has 0 spiro atoms. The van der Waals surface area contributed by atoms with Crippen molar-refractivity contribution in [3.05, 3.63) is 84.3 Å². The van der Waals surface area contributed by atoms with Crippen LogP contribution in [0.3, 0.4) is 0 Å². The van der Waals surface area contributed by atoms with Gasteiger partial charge in [0.25, 0.3) is 0 Å². The van der Waals surface area contributed by atoms with Gasteiger partial charge in [-0.1, -0.05) is 18.2 Å². The summed E-state index contributed by atoms with van der Waals surface area (Å²) in [6.07, 6.45) is 4.94.